The molecule has 2 rings (SSSR count). The third-order valence-corrected chi connectivity index (χ3v) is 4.62. The van der Waals surface area contributed by atoms with Gasteiger partial charge < -0.3 is 5.32 Å². The molecule has 0 saturated carbocycles. The Morgan fingerprint density at radius 2 is 1.63 bits per heavy atom. The molecule has 0 unspecified atom stereocenters. The van der Waals surface area contributed by atoms with Gasteiger partial charge in [-0.3, -0.25) is 9.69 Å². The Bertz CT molecular complexity index is 604. The molecule has 1 saturated heterocycles. The van der Waals surface area contributed by atoms with Crippen molar-refractivity contribution in [3.05, 3.63) is 35.4 Å². The van der Waals surface area contributed by atoms with E-state index in [1.807, 2.05) is 0 Å². The predicted octanol–water partition coefficient (Wildman–Crippen LogP) is 4.03. The van der Waals surface area contributed by atoms with Crippen LogP contribution in [0.3, 0.4) is 0 Å². The summed E-state index contributed by atoms with van der Waals surface area (Å²) in [4.78, 5) is 13.3. The van der Waals surface area contributed by atoms with E-state index in [4.69, 9.17) is 0 Å². The van der Waals surface area contributed by atoms with Gasteiger partial charge in [0.2, 0.25) is 5.91 Å². The minimum Gasteiger partial charge on any atom is -0.356 e. The number of nitrogens with zero attached hydrogens (tertiary/aromatic N) is 1. The van der Waals surface area contributed by atoms with Crippen molar-refractivity contribution < 1.29 is 31.1 Å². The molecule has 0 spiro atoms. The van der Waals surface area contributed by atoms with E-state index in [2.05, 4.69) is 5.32 Å². The number of alkyl halides is 6. The Morgan fingerprint density at radius 1 is 1.04 bits per heavy atom. The van der Waals surface area contributed by atoms with Gasteiger partial charge in [0.25, 0.3) is 0 Å². The van der Waals surface area contributed by atoms with Gasteiger partial charge in [0.1, 0.15) is 0 Å². The molecule has 0 aromatic heterocycles. The van der Waals surface area contributed by atoms with Crippen LogP contribution in [0, 0.1) is 5.92 Å². The number of aryl methyl sites for hydroxylation is 1. The lowest BCUT2D eigenvalue weighted by Crippen LogP contribution is -2.42. The van der Waals surface area contributed by atoms with Gasteiger partial charge >= 0.3 is 12.4 Å². The Labute approximate surface area is 153 Å². The summed E-state index contributed by atoms with van der Waals surface area (Å²) in [6, 6.07) is 4.68. The van der Waals surface area contributed by atoms with Crippen molar-refractivity contribution in [1.82, 2.24) is 10.2 Å². The lowest BCUT2D eigenvalue weighted by atomic mass is 9.96. The van der Waals surface area contributed by atoms with Crippen molar-refractivity contribution >= 4 is 5.91 Å². The number of hydrogen-bond acceptors (Lipinski definition) is 2. The van der Waals surface area contributed by atoms with Gasteiger partial charge in [-0.05, 0) is 56.0 Å². The third-order valence-electron chi connectivity index (χ3n) is 4.62. The van der Waals surface area contributed by atoms with Crippen LogP contribution in [0.4, 0.5) is 26.3 Å². The first-order valence-corrected chi connectivity index (χ1v) is 8.75. The molecule has 0 radical (unpaired) electrons. The number of rotatable bonds is 6. The summed E-state index contributed by atoms with van der Waals surface area (Å²) < 4.78 is 74.5. The van der Waals surface area contributed by atoms with Crippen molar-refractivity contribution in [1.29, 1.82) is 0 Å². The number of halogens is 6. The maximum Gasteiger partial charge on any atom is 0.416 e. The predicted molar refractivity (Wildman–Crippen MR) is 88.0 cm³/mol. The quantitative estimate of drug-likeness (QED) is 0.737. The Hall–Kier alpha value is -1.77. The fourth-order valence-electron chi connectivity index (χ4n) is 3.07. The minimum absolute atomic E-state index is 0.143. The maximum absolute atomic E-state index is 12.5. The van der Waals surface area contributed by atoms with E-state index in [-0.39, 0.29) is 18.2 Å². The van der Waals surface area contributed by atoms with Crippen molar-refractivity contribution in [2.24, 2.45) is 5.92 Å². The van der Waals surface area contributed by atoms with E-state index in [0.29, 0.717) is 44.5 Å². The zero-order chi connectivity index (χ0) is 20.1. The summed E-state index contributed by atoms with van der Waals surface area (Å²) in [5.41, 5.74) is -0.0915. The fraction of sp³-hybridized carbons (Fsp3) is 0.611. The van der Waals surface area contributed by atoms with Crippen molar-refractivity contribution in [2.75, 3.05) is 26.2 Å². The van der Waals surface area contributed by atoms with E-state index in [9.17, 15) is 31.1 Å². The van der Waals surface area contributed by atoms with Crippen LogP contribution in [-0.4, -0.2) is 43.2 Å². The van der Waals surface area contributed by atoms with Crippen LogP contribution in [0.15, 0.2) is 24.3 Å². The topological polar surface area (TPSA) is 32.3 Å². The maximum atomic E-state index is 12.5. The molecule has 1 aliphatic rings. The van der Waals surface area contributed by atoms with Crippen molar-refractivity contribution in [3.63, 3.8) is 0 Å². The second kappa shape index (κ2) is 8.95. The van der Waals surface area contributed by atoms with Gasteiger partial charge in [0.15, 0.2) is 0 Å². The van der Waals surface area contributed by atoms with Gasteiger partial charge in [0, 0.05) is 13.0 Å². The average molecular weight is 396 g/mol. The lowest BCUT2D eigenvalue weighted by molar-refractivity contribution is -0.148. The molecule has 27 heavy (non-hydrogen) atoms. The number of likely N-dealkylation sites (tertiary alicyclic amines) is 1. The number of amides is 1. The van der Waals surface area contributed by atoms with E-state index in [0.717, 1.165) is 12.1 Å². The normalized spacial score (nSPS) is 17.1. The first-order valence-electron chi connectivity index (χ1n) is 8.75. The summed E-state index contributed by atoms with van der Waals surface area (Å²) in [6.45, 7) is 0.210. The molecule has 1 aromatic rings. The summed E-state index contributed by atoms with van der Waals surface area (Å²) >= 11 is 0. The molecule has 1 aliphatic heterocycles. The van der Waals surface area contributed by atoms with Gasteiger partial charge in [0.05, 0.1) is 12.1 Å². The number of piperidine rings is 1. The first-order chi connectivity index (χ1) is 12.5. The molecular weight excluding hydrogens is 374 g/mol. The first kappa shape index (κ1) is 21.5. The number of carbonyl (C=O) groups is 1. The molecule has 1 heterocycles. The molecule has 3 nitrogen and oxygen atoms in total. The zero-order valence-electron chi connectivity index (χ0n) is 14.7. The Kier molecular flexibility index (Phi) is 7.13. The third kappa shape index (κ3) is 7.78. The molecule has 9 heteroatoms. The van der Waals surface area contributed by atoms with Crippen molar-refractivity contribution in [3.8, 4) is 0 Å². The number of benzene rings is 1. The molecule has 0 atom stereocenters. The second-order valence-corrected chi connectivity index (χ2v) is 6.83. The Balaban J connectivity index is 1.65. The van der Waals surface area contributed by atoms with Gasteiger partial charge in [-0.2, -0.15) is 26.3 Å². The largest absolute Gasteiger partial charge is 0.416 e. The standard InChI is InChI=1S/C18H22F6N2O/c19-17(20,21)12-26-9-7-14(8-10-26)11-25-16(27)6-3-13-1-4-15(5-2-13)18(22,23)24/h1-2,4-5,14H,3,6-12H2,(H,25,27). The monoisotopic (exact) mass is 396 g/mol. The van der Waals surface area contributed by atoms with E-state index >= 15 is 0 Å². The molecule has 0 aliphatic carbocycles. The highest BCUT2D eigenvalue weighted by molar-refractivity contribution is 5.76. The Morgan fingerprint density at radius 3 is 2.15 bits per heavy atom. The fourth-order valence-corrected chi connectivity index (χ4v) is 3.07. The smallest absolute Gasteiger partial charge is 0.356 e. The van der Waals surface area contributed by atoms with Crippen molar-refractivity contribution in [2.45, 2.75) is 38.0 Å². The highest BCUT2D eigenvalue weighted by Crippen LogP contribution is 2.29. The highest BCUT2D eigenvalue weighted by atomic mass is 19.4. The molecule has 1 amide bonds. The second-order valence-electron chi connectivity index (χ2n) is 6.83. The number of nitrogens with one attached hydrogen (secondary N) is 1. The van der Waals surface area contributed by atoms with Crippen LogP contribution in [0.2, 0.25) is 0 Å². The lowest BCUT2D eigenvalue weighted by Gasteiger charge is -2.32. The molecular formula is C18H22F6N2O. The molecule has 1 N–H and O–H groups in total. The van der Waals surface area contributed by atoms with Crippen LogP contribution in [-0.2, 0) is 17.4 Å². The van der Waals surface area contributed by atoms with Crippen LogP contribution in [0.25, 0.3) is 0 Å². The molecule has 1 aromatic carbocycles. The number of hydrogen-bond donors (Lipinski definition) is 1. The summed E-state index contributed by atoms with van der Waals surface area (Å²) in [6.07, 6.45) is -6.91. The van der Waals surface area contributed by atoms with Crippen LogP contribution in [0.5, 0.6) is 0 Å². The average Bonchev–Trinajstić information content (AvgIpc) is 2.57. The van der Waals surface area contributed by atoms with Gasteiger partial charge in [-0.25, -0.2) is 0 Å². The van der Waals surface area contributed by atoms with Gasteiger partial charge in [-0.15, -0.1) is 0 Å². The number of carbonyl (C=O) groups excluding carboxylic acids is 1. The summed E-state index contributed by atoms with van der Waals surface area (Å²) in [7, 11) is 0. The van der Waals surface area contributed by atoms with Crippen LogP contribution < -0.4 is 5.32 Å². The van der Waals surface area contributed by atoms with E-state index in [1.54, 1.807) is 0 Å². The molecule has 1 fully saturated rings. The van der Waals surface area contributed by atoms with Crippen LogP contribution in [0.1, 0.15) is 30.4 Å². The summed E-state index contributed by atoms with van der Waals surface area (Å²) in [5.74, 6) is -0.0721. The highest BCUT2D eigenvalue weighted by Gasteiger charge is 2.32. The van der Waals surface area contributed by atoms with E-state index in [1.165, 1.54) is 17.0 Å². The zero-order valence-corrected chi connectivity index (χ0v) is 14.7. The van der Waals surface area contributed by atoms with Gasteiger partial charge in [-0.1, -0.05) is 12.1 Å². The molecule has 152 valence electrons. The SMILES string of the molecule is O=C(CCc1ccc(C(F)(F)F)cc1)NCC1CCN(CC(F)(F)F)CC1. The summed E-state index contributed by atoms with van der Waals surface area (Å²) in [5, 5.41) is 2.76. The molecule has 0 bridgehead atoms. The van der Waals surface area contributed by atoms with Crippen LogP contribution >= 0.6 is 0 Å². The van der Waals surface area contributed by atoms with E-state index < -0.39 is 24.5 Å². The minimum atomic E-state index is -4.38.